The number of likely N-dealkylation sites (N-methyl/N-ethyl adjacent to an activating group) is 1. The molecule has 6 rings (SSSR count). The number of rotatable bonds is 6. The van der Waals surface area contributed by atoms with E-state index in [1.165, 1.54) is 35.4 Å². The van der Waals surface area contributed by atoms with Gasteiger partial charge in [-0.25, -0.2) is 8.78 Å². The van der Waals surface area contributed by atoms with Gasteiger partial charge in [0.25, 0.3) is 0 Å². The number of phenols is 1. The molecule has 0 radical (unpaired) electrons. The van der Waals surface area contributed by atoms with Crippen LogP contribution in [0, 0.1) is 17.6 Å². The number of benzene rings is 3. The van der Waals surface area contributed by atoms with Crippen LogP contribution in [0.2, 0.25) is 0 Å². The van der Waals surface area contributed by atoms with E-state index < -0.39 is 0 Å². The first kappa shape index (κ1) is 26.3. The summed E-state index contributed by atoms with van der Waals surface area (Å²) in [6, 6.07) is 20.1. The maximum absolute atomic E-state index is 13.7. The second-order valence-corrected chi connectivity index (χ2v) is 11.9. The number of nitrogens with zero attached hydrogens (tertiary/aromatic N) is 3. The molecule has 2 bridgehead atoms. The molecule has 2 aliphatic heterocycles. The average Bonchev–Trinajstić information content (AvgIpc) is 2.94. The number of aromatic hydroxyl groups is 1. The molecule has 4 nitrogen and oxygen atoms in total. The maximum atomic E-state index is 13.7. The first-order chi connectivity index (χ1) is 18.8. The Hall–Kier alpha value is -2.96. The van der Waals surface area contributed by atoms with Crippen molar-refractivity contribution < 1.29 is 13.9 Å². The highest BCUT2D eigenvalue weighted by Crippen LogP contribution is 2.51. The predicted molar refractivity (Wildman–Crippen MR) is 153 cm³/mol. The van der Waals surface area contributed by atoms with Crippen molar-refractivity contribution in [2.45, 2.75) is 56.5 Å². The fraction of sp³-hybridized carbons (Fsp3) is 0.455. The standard InChI is InChI=1S/C33H39F2N3O/c1-23-32-21-24-3-12-30(39)22-31(24)33(23,15-19-36(32)2)16-20-37-17-13-29(14-18-37)38(27-8-4-25(34)5-9-27)28-10-6-26(35)7-11-28/h3-12,22-23,29,32,39H,13-21H2,1-2H3/t23-,32+,33+/m1/s1. The first-order valence-electron chi connectivity index (χ1n) is 14.4. The van der Waals surface area contributed by atoms with Gasteiger partial charge in [-0.3, -0.25) is 0 Å². The molecule has 0 aromatic heterocycles. The molecule has 0 spiro atoms. The summed E-state index contributed by atoms with van der Waals surface area (Å²) in [6.07, 6.45) is 5.25. The van der Waals surface area contributed by atoms with E-state index in [9.17, 15) is 13.9 Å². The second-order valence-electron chi connectivity index (χ2n) is 11.9. The van der Waals surface area contributed by atoms with E-state index in [1.807, 2.05) is 36.4 Å². The van der Waals surface area contributed by atoms with E-state index in [4.69, 9.17) is 0 Å². The fourth-order valence-electron chi connectivity index (χ4n) is 7.68. The van der Waals surface area contributed by atoms with E-state index in [0.717, 1.165) is 69.7 Å². The van der Waals surface area contributed by atoms with Crippen LogP contribution in [-0.2, 0) is 11.8 Å². The summed E-state index contributed by atoms with van der Waals surface area (Å²) >= 11 is 0. The molecule has 3 aromatic carbocycles. The largest absolute Gasteiger partial charge is 0.508 e. The molecule has 3 aliphatic rings. The number of phenolic OH excluding ortho intramolecular Hbond substituents is 1. The Morgan fingerprint density at radius 1 is 0.897 bits per heavy atom. The molecule has 3 aromatic rings. The normalized spacial score (nSPS) is 25.8. The fourth-order valence-corrected chi connectivity index (χ4v) is 7.68. The van der Waals surface area contributed by atoms with Crippen LogP contribution in [0.4, 0.5) is 20.2 Å². The van der Waals surface area contributed by atoms with Gasteiger partial charge in [0, 0.05) is 42.0 Å². The van der Waals surface area contributed by atoms with Gasteiger partial charge in [-0.1, -0.05) is 13.0 Å². The molecule has 2 saturated heterocycles. The lowest BCUT2D eigenvalue weighted by Gasteiger charge is -2.56. The topological polar surface area (TPSA) is 30.0 Å². The smallest absolute Gasteiger partial charge is 0.123 e. The zero-order chi connectivity index (χ0) is 27.1. The average molecular weight is 532 g/mol. The lowest BCUT2D eigenvalue weighted by Crippen LogP contribution is -2.58. The molecule has 1 N–H and O–H groups in total. The molecule has 6 heteroatoms. The molecular weight excluding hydrogens is 492 g/mol. The number of halogens is 2. The van der Waals surface area contributed by atoms with Crippen molar-refractivity contribution in [3.8, 4) is 5.75 Å². The molecule has 39 heavy (non-hydrogen) atoms. The number of hydrogen-bond donors (Lipinski definition) is 1. The van der Waals surface area contributed by atoms with Crippen molar-refractivity contribution in [3.63, 3.8) is 0 Å². The Morgan fingerprint density at radius 2 is 1.51 bits per heavy atom. The number of fused-ring (bicyclic) bond motifs is 4. The Kier molecular flexibility index (Phi) is 7.11. The van der Waals surface area contributed by atoms with Gasteiger partial charge >= 0.3 is 0 Å². The Morgan fingerprint density at radius 3 is 2.13 bits per heavy atom. The number of likely N-dealkylation sites (tertiary alicyclic amines) is 2. The van der Waals surface area contributed by atoms with Crippen molar-refractivity contribution in [2.75, 3.05) is 38.1 Å². The Balaban J connectivity index is 1.18. The van der Waals surface area contributed by atoms with Gasteiger partial charge in [0.15, 0.2) is 0 Å². The third-order valence-corrected chi connectivity index (χ3v) is 9.99. The predicted octanol–water partition coefficient (Wildman–Crippen LogP) is 6.50. The van der Waals surface area contributed by atoms with Gasteiger partial charge < -0.3 is 19.8 Å². The molecule has 206 valence electrons. The monoisotopic (exact) mass is 531 g/mol. The minimum atomic E-state index is -0.255. The molecule has 0 unspecified atom stereocenters. The van der Waals surface area contributed by atoms with Gasteiger partial charge in [0.2, 0.25) is 0 Å². The molecule has 3 atom stereocenters. The van der Waals surface area contributed by atoms with Crippen molar-refractivity contribution in [1.29, 1.82) is 0 Å². The molecule has 2 heterocycles. The van der Waals surface area contributed by atoms with Crippen molar-refractivity contribution in [2.24, 2.45) is 5.92 Å². The van der Waals surface area contributed by atoms with E-state index in [2.05, 4.69) is 34.7 Å². The van der Waals surface area contributed by atoms with Gasteiger partial charge in [-0.2, -0.15) is 0 Å². The van der Waals surface area contributed by atoms with Crippen LogP contribution in [0.5, 0.6) is 5.75 Å². The molecule has 2 fully saturated rings. The molecule has 0 saturated carbocycles. The minimum absolute atomic E-state index is 0.0919. The van der Waals surface area contributed by atoms with Gasteiger partial charge in [0.1, 0.15) is 17.4 Å². The summed E-state index contributed by atoms with van der Waals surface area (Å²) < 4.78 is 27.4. The van der Waals surface area contributed by atoms with E-state index >= 15 is 0 Å². The summed E-state index contributed by atoms with van der Waals surface area (Å²) in [6.45, 7) is 6.53. The van der Waals surface area contributed by atoms with Gasteiger partial charge in [0.05, 0.1) is 0 Å². The van der Waals surface area contributed by atoms with Crippen LogP contribution >= 0.6 is 0 Å². The molecule has 0 amide bonds. The summed E-state index contributed by atoms with van der Waals surface area (Å²) in [5.41, 5.74) is 4.73. The van der Waals surface area contributed by atoms with Crippen molar-refractivity contribution in [1.82, 2.24) is 9.80 Å². The molecule has 1 aliphatic carbocycles. The van der Waals surface area contributed by atoms with Crippen molar-refractivity contribution in [3.05, 3.63) is 89.5 Å². The SMILES string of the molecule is C[C@@H]1[C@@H]2Cc3ccc(O)cc3[C@]1(CCN1CCC(N(c3ccc(F)cc3)c3ccc(F)cc3)CC1)CCN2C. The lowest BCUT2D eigenvalue weighted by atomic mass is 9.56. The Bertz CT molecular complexity index is 1240. The van der Waals surface area contributed by atoms with Gasteiger partial charge in [-0.15, -0.1) is 0 Å². The molecular formula is C33H39F2N3O. The Labute approximate surface area is 230 Å². The van der Waals surface area contributed by atoms with Crippen LogP contribution in [0.3, 0.4) is 0 Å². The summed E-state index contributed by atoms with van der Waals surface area (Å²) in [5, 5.41) is 10.4. The lowest BCUT2D eigenvalue weighted by molar-refractivity contribution is 0.0284. The van der Waals surface area contributed by atoms with Gasteiger partial charge in [-0.05, 0) is 130 Å². The summed E-state index contributed by atoms with van der Waals surface area (Å²) in [7, 11) is 2.26. The van der Waals surface area contributed by atoms with E-state index in [-0.39, 0.29) is 23.1 Å². The van der Waals surface area contributed by atoms with Crippen molar-refractivity contribution >= 4 is 11.4 Å². The van der Waals surface area contributed by atoms with Crippen LogP contribution in [-0.4, -0.2) is 60.2 Å². The summed E-state index contributed by atoms with van der Waals surface area (Å²) in [4.78, 5) is 7.37. The third-order valence-electron chi connectivity index (χ3n) is 9.99. The zero-order valence-corrected chi connectivity index (χ0v) is 23.0. The highest BCUT2D eigenvalue weighted by molar-refractivity contribution is 5.64. The van der Waals surface area contributed by atoms with E-state index in [1.54, 1.807) is 0 Å². The number of hydrogen-bond acceptors (Lipinski definition) is 4. The van der Waals surface area contributed by atoms with Crippen LogP contribution in [0.25, 0.3) is 0 Å². The third kappa shape index (κ3) is 4.93. The van der Waals surface area contributed by atoms with E-state index in [0.29, 0.717) is 17.7 Å². The zero-order valence-electron chi connectivity index (χ0n) is 23.0. The number of anilines is 2. The van der Waals surface area contributed by atoms with Crippen LogP contribution in [0.1, 0.15) is 43.7 Å². The summed E-state index contributed by atoms with van der Waals surface area (Å²) in [5.74, 6) is 0.403. The second kappa shape index (κ2) is 10.5. The quantitative estimate of drug-likeness (QED) is 0.393. The first-order valence-corrected chi connectivity index (χ1v) is 14.4. The van der Waals surface area contributed by atoms with Crippen LogP contribution in [0.15, 0.2) is 66.7 Å². The maximum Gasteiger partial charge on any atom is 0.123 e. The minimum Gasteiger partial charge on any atom is -0.508 e. The highest BCUT2D eigenvalue weighted by atomic mass is 19.1. The van der Waals surface area contributed by atoms with Crippen LogP contribution < -0.4 is 4.90 Å². The number of piperidine rings is 2. The highest BCUT2D eigenvalue weighted by Gasteiger charge is 2.50.